The van der Waals surface area contributed by atoms with Crippen molar-refractivity contribution < 1.29 is 0 Å². The summed E-state index contributed by atoms with van der Waals surface area (Å²) in [6.45, 7) is 7.94. The molecule has 0 amide bonds. The van der Waals surface area contributed by atoms with Gasteiger partial charge in [0.05, 0.1) is 22.9 Å². The van der Waals surface area contributed by atoms with Gasteiger partial charge in [-0.2, -0.15) is 5.10 Å². The third-order valence-corrected chi connectivity index (χ3v) is 4.84. The molecule has 0 aliphatic heterocycles. The van der Waals surface area contributed by atoms with Crippen LogP contribution in [0.4, 0.5) is 0 Å². The fourth-order valence-electron chi connectivity index (χ4n) is 2.64. The number of aliphatic imine (C=N–C) groups is 1. The molecule has 2 aromatic heterocycles. The molecule has 0 bridgehead atoms. The first kappa shape index (κ1) is 18.4. The Balaban J connectivity index is 2.00. The van der Waals surface area contributed by atoms with E-state index >= 15 is 0 Å². The van der Waals surface area contributed by atoms with E-state index in [4.69, 9.17) is 0 Å². The number of aromatic nitrogens is 3. The van der Waals surface area contributed by atoms with E-state index in [1.807, 2.05) is 25.8 Å². The van der Waals surface area contributed by atoms with Crippen molar-refractivity contribution in [1.82, 2.24) is 25.0 Å². The lowest BCUT2D eigenvalue weighted by molar-refractivity contribution is 0.472. The summed E-state index contributed by atoms with van der Waals surface area (Å²) in [6, 6.07) is 0. The molecule has 0 unspecified atom stereocenters. The first-order valence-electron chi connectivity index (χ1n) is 8.32. The van der Waals surface area contributed by atoms with Crippen molar-refractivity contribution in [2.75, 3.05) is 14.1 Å². The van der Waals surface area contributed by atoms with Gasteiger partial charge in [-0.15, -0.1) is 11.3 Å². The van der Waals surface area contributed by atoms with Crippen molar-refractivity contribution in [1.29, 1.82) is 0 Å². The molecule has 2 rings (SSSR count). The zero-order valence-corrected chi connectivity index (χ0v) is 16.3. The summed E-state index contributed by atoms with van der Waals surface area (Å²) >= 11 is 1.71. The Bertz CT molecular complexity index is 685. The Morgan fingerprint density at radius 3 is 2.79 bits per heavy atom. The molecule has 7 heteroatoms. The summed E-state index contributed by atoms with van der Waals surface area (Å²) in [4.78, 5) is 11.1. The number of thiazole rings is 1. The monoisotopic (exact) mass is 348 g/mol. The first-order chi connectivity index (χ1) is 11.4. The Kier molecular flexibility index (Phi) is 6.36. The normalized spacial score (nSPS) is 12.0. The number of hydrogen-bond donors (Lipinski definition) is 1. The average molecular weight is 349 g/mol. The molecule has 132 valence electrons. The zero-order valence-electron chi connectivity index (χ0n) is 15.5. The standard InChI is InChI=1S/C17H28N6S/c1-7-15-20-14(11-24-15)8-19-17(18-4)22(5)9-13-10-23(6)21-16(13)12(2)3/h10-12H,7-9H2,1-6H3,(H,18,19). The minimum absolute atomic E-state index is 0.409. The van der Waals surface area contributed by atoms with Gasteiger partial charge < -0.3 is 10.2 Å². The smallest absolute Gasteiger partial charge is 0.194 e. The Morgan fingerprint density at radius 1 is 1.46 bits per heavy atom. The number of hydrogen-bond acceptors (Lipinski definition) is 4. The lowest BCUT2D eigenvalue weighted by Gasteiger charge is -2.22. The lowest BCUT2D eigenvalue weighted by Crippen LogP contribution is -2.38. The fourth-order valence-corrected chi connectivity index (χ4v) is 3.38. The number of guanidine groups is 1. The molecule has 0 aromatic carbocycles. The quantitative estimate of drug-likeness (QED) is 0.644. The second kappa shape index (κ2) is 8.28. The third-order valence-electron chi connectivity index (χ3n) is 3.79. The van der Waals surface area contributed by atoms with Crippen molar-refractivity contribution in [2.24, 2.45) is 12.0 Å². The van der Waals surface area contributed by atoms with E-state index in [1.54, 1.807) is 11.3 Å². The van der Waals surface area contributed by atoms with Gasteiger partial charge in [0.2, 0.25) is 0 Å². The average Bonchev–Trinajstić information content (AvgIpc) is 3.14. The van der Waals surface area contributed by atoms with E-state index in [-0.39, 0.29) is 0 Å². The molecule has 24 heavy (non-hydrogen) atoms. The maximum Gasteiger partial charge on any atom is 0.194 e. The van der Waals surface area contributed by atoms with Crippen LogP contribution in [0.2, 0.25) is 0 Å². The van der Waals surface area contributed by atoms with Crippen molar-refractivity contribution in [2.45, 2.75) is 46.2 Å². The molecular formula is C17H28N6S. The SMILES string of the molecule is CCc1nc(CNC(=NC)N(C)Cc2cn(C)nc2C(C)C)cs1. The number of nitrogens with zero attached hydrogens (tertiary/aromatic N) is 5. The van der Waals surface area contributed by atoms with Crippen LogP contribution in [0.15, 0.2) is 16.6 Å². The van der Waals surface area contributed by atoms with Gasteiger partial charge in [0.1, 0.15) is 0 Å². The highest BCUT2D eigenvalue weighted by Gasteiger charge is 2.15. The highest BCUT2D eigenvalue weighted by Crippen LogP contribution is 2.18. The Labute approximate surface area is 148 Å². The molecule has 1 N–H and O–H groups in total. The topological polar surface area (TPSA) is 58.3 Å². The summed E-state index contributed by atoms with van der Waals surface area (Å²) in [6.07, 6.45) is 3.07. The minimum atomic E-state index is 0.409. The molecule has 0 aliphatic rings. The van der Waals surface area contributed by atoms with Crippen LogP contribution in [0.1, 0.15) is 48.6 Å². The van der Waals surface area contributed by atoms with Gasteiger partial charge in [-0.3, -0.25) is 9.67 Å². The van der Waals surface area contributed by atoms with Gasteiger partial charge in [0.15, 0.2) is 5.96 Å². The molecular weight excluding hydrogens is 320 g/mol. The van der Waals surface area contributed by atoms with Crippen LogP contribution >= 0.6 is 11.3 Å². The summed E-state index contributed by atoms with van der Waals surface area (Å²) < 4.78 is 1.89. The van der Waals surface area contributed by atoms with Crippen molar-refractivity contribution in [3.05, 3.63) is 33.5 Å². The van der Waals surface area contributed by atoms with Gasteiger partial charge in [0, 0.05) is 44.8 Å². The molecule has 0 spiro atoms. The van der Waals surface area contributed by atoms with Crippen LogP contribution in [0, 0.1) is 0 Å². The number of aryl methyl sites for hydroxylation is 2. The number of nitrogens with one attached hydrogen (secondary N) is 1. The fraction of sp³-hybridized carbons (Fsp3) is 0.588. The van der Waals surface area contributed by atoms with Crippen molar-refractivity contribution in [3.8, 4) is 0 Å². The van der Waals surface area contributed by atoms with Crippen LogP contribution in [0.3, 0.4) is 0 Å². The predicted molar refractivity (Wildman–Crippen MR) is 100 cm³/mol. The Hall–Kier alpha value is -1.89. The van der Waals surface area contributed by atoms with Crippen molar-refractivity contribution in [3.63, 3.8) is 0 Å². The van der Waals surface area contributed by atoms with E-state index in [0.29, 0.717) is 12.5 Å². The molecule has 0 fully saturated rings. The minimum Gasteiger partial charge on any atom is -0.351 e. The Morgan fingerprint density at radius 2 is 2.21 bits per heavy atom. The van der Waals surface area contributed by atoms with Crippen LogP contribution in [0.25, 0.3) is 0 Å². The lowest BCUT2D eigenvalue weighted by atomic mass is 10.1. The van der Waals surface area contributed by atoms with E-state index in [0.717, 1.165) is 30.3 Å². The molecule has 0 saturated heterocycles. The summed E-state index contributed by atoms with van der Waals surface area (Å²) in [5.74, 6) is 1.27. The summed E-state index contributed by atoms with van der Waals surface area (Å²) in [5.41, 5.74) is 3.45. The molecule has 6 nitrogen and oxygen atoms in total. The van der Waals surface area contributed by atoms with Gasteiger partial charge in [-0.1, -0.05) is 20.8 Å². The van der Waals surface area contributed by atoms with Gasteiger partial charge in [-0.25, -0.2) is 4.98 Å². The second-order valence-corrected chi connectivity index (χ2v) is 7.15. The van der Waals surface area contributed by atoms with Gasteiger partial charge >= 0.3 is 0 Å². The molecule has 0 atom stereocenters. The van der Waals surface area contributed by atoms with Crippen LogP contribution in [-0.2, 0) is 26.6 Å². The molecule has 0 radical (unpaired) electrons. The largest absolute Gasteiger partial charge is 0.351 e. The molecule has 2 aromatic rings. The van der Waals surface area contributed by atoms with Crippen molar-refractivity contribution >= 4 is 17.3 Å². The van der Waals surface area contributed by atoms with Crippen LogP contribution in [0.5, 0.6) is 0 Å². The van der Waals surface area contributed by atoms with E-state index < -0.39 is 0 Å². The first-order valence-corrected chi connectivity index (χ1v) is 9.20. The molecule has 2 heterocycles. The van der Waals surface area contributed by atoms with Crippen LogP contribution < -0.4 is 5.32 Å². The second-order valence-electron chi connectivity index (χ2n) is 6.21. The third kappa shape index (κ3) is 4.56. The van der Waals surface area contributed by atoms with Gasteiger partial charge in [0.25, 0.3) is 0 Å². The highest BCUT2D eigenvalue weighted by molar-refractivity contribution is 7.09. The van der Waals surface area contributed by atoms with Gasteiger partial charge in [-0.05, 0) is 12.3 Å². The maximum absolute atomic E-state index is 4.59. The van der Waals surface area contributed by atoms with E-state index in [2.05, 4.69) is 57.6 Å². The molecule has 0 saturated carbocycles. The highest BCUT2D eigenvalue weighted by atomic mass is 32.1. The van der Waals surface area contributed by atoms with E-state index in [9.17, 15) is 0 Å². The predicted octanol–water partition coefficient (Wildman–Crippen LogP) is 2.77. The van der Waals surface area contributed by atoms with Crippen LogP contribution in [-0.4, -0.2) is 39.7 Å². The zero-order chi connectivity index (χ0) is 17.7. The molecule has 0 aliphatic carbocycles. The summed E-state index contributed by atoms with van der Waals surface area (Å²) in [5, 5.41) is 11.2. The summed E-state index contributed by atoms with van der Waals surface area (Å²) in [7, 11) is 5.82. The number of rotatable bonds is 6. The van der Waals surface area contributed by atoms with E-state index in [1.165, 1.54) is 10.6 Å². The maximum atomic E-state index is 4.59.